The van der Waals surface area contributed by atoms with Gasteiger partial charge in [-0.15, -0.1) is 0 Å². The molecule has 6 nitrogen and oxygen atoms in total. The van der Waals surface area contributed by atoms with E-state index in [-0.39, 0.29) is 36.5 Å². The molecule has 190 valence electrons. The molecule has 1 aromatic heterocycles. The van der Waals surface area contributed by atoms with Gasteiger partial charge in [0.25, 0.3) is 0 Å². The minimum Gasteiger partial charge on any atom is -0.369 e. The molecule has 0 unspecified atom stereocenters. The number of hydrogen-bond donors (Lipinski definition) is 3. The lowest BCUT2D eigenvalue weighted by atomic mass is 9.90. The van der Waals surface area contributed by atoms with Gasteiger partial charge in [-0.2, -0.15) is 13.2 Å². The smallest absolute Gasteiger partial charge is 0.369 e. The Kier molecular flexibility index (Phi) is 7.83. The standard InChI is InChI=1S/C26H27F4N5O/c27-22-3-1-2-18(14-24(31)36)20(22)8-9-23-21(26(28,29)30)15-33-25(35-23)34-19-6-4-16(5-7-19)17-10-12-32-13-11-17/h1-7,15,17,32H,8-14H2,(H2,31,36)(H,33,34,35). The molecule has 4 rings (SSSR count). The fraction of sp³-hybridized carbons (Fsp3) is 0.346. The summed E-state index contributed by atoms with van der Waals surface area (Å²) in [5, 5.41) is 6.30. The Bertz CT molecular complexity index is 1210. The van der Waals surface area contributed by atoms with Crippen LogP contribution in [0, 0.1) is 5.82 Å². The van der Waals surface area contributed by atoms with Crippen LogP contribution >= 0.6 is 0 Å². The number of rotatable bonds is 8. The SMILES string of the molecule is NC(=O)Cc1cccc(F)c1CCc1nc(Nc2ccc(C3CCNCC3)cc2)ncc1C(F)(F)F. The van der Waals surface area contributed by atoms with Gasteiger partial charge in [0.2, 0.25) is 11.9 Å². The number of amides is 1. The molecule has 1 fully saturated rings. The predicted molar refractivity (Wildman–Crippen MR) is 128 cm³/mol. The maximum absolute atomic E-state index is 14.4. The van der Waals surface area contributed by atoms with Crippen LogP contribution in [0.25, 0.3) is 0 Å². The fourth-order valence-electron chi connectivity index (χ4n) is 4.51. The van der Waals surface area contributed by atoms with Crippen molar-refractivity contribution in [3.63, 3.8) is 0 Å². The highest BCUT2D eigenvalue weighted by atomic mass is 19.4. The van der Waals surface area contributed by atoms with Gasteiger partial charge in [0.05, 0.1) is 17.7 Å². The predicted octanol–water partition coefficient (Wildman–Crippen LogP) is 4.66. The van der Waals surface area contributed by atoms with Crippen LogP contribution in [0.5, 0.6) is 0 Å². The average molecular weight is 502 g/mol. The molecule has 0 atom stereocenters. The number of anilines is 2. The molecule has 36 heavy (non-hydrogen) atoms. The van der Waals surface area contributed by atoms with E-state index in [1.54, 1.807) is 0 Å². The van der Waals surface area contributed by atoms with Gasteiger partial charge in [0, 0.05) is 11.9 Å². The molecule has 1 aliphatic heterocycles. The van der Waals surface area contributed by atoms with Gasteiger partial charge < -0.3 is 16.4 Å². The highest BCUT2D eigenvalue weighted by molar-refractivity contribution is 5.77. The number of nitrogens with zero attached hydrogens (tertiary/aromatic N) is 2. The quantitative estimate of drug-likeness (QED) is 0.391. The summed E-state index contributed by atoms with van der Waals surface area (Å²) in [6.07, 6.45) is -2.31. The Balaban J connectivity index is 1.54. The highest BCUT2D eigenvalue weighted by Crippen LogP contribution is 2.33. The van der Waals surface area contributed by atoms with Gasteiger partial charge in [0.15, 0.2) is 0 Å². The van der Waals surface area contributed by atoms with Crippen LogP contribution in [0.2, 0.25) is 0 Å². The molecule has 0 aliphatic carbocycles. The van der Waals surface area contributed by atoms with Gasteiger partial charge >= 0.3 is 6.18 Å². The topological polar surface area (TPSA) is 92.9 Å². The van der Waals surface area contributed by atoms with E-state index in [4.69, 9.17) is 5.73 Å². The van der Waals surface area contributed by atoms with Crippen molar-refractivity contribution in [3.05, 3.63) is 82.4 Å². The lowest BCUT2D eigenvalue weighted by Crippen LogP contribution is -2.26. The molecular weight excluding hydrogens is 474 g/mol. The van der Waals surface area contributed by atoms with Crippen LogP contribution in [0.4, 0.5) is 29.2 Å². The molecule has 0 radical (unpaired) electrons. The van der Waals surface area contributed by atoms with Crippen molar-refractivity contribution in [2.24, 2.45) is 5.73 Å². The molecule has 10 heteroatoms. The normalized spacial score (nSPS) is 14.6. The summed E-state index contributed by atoms with van der Waals surface area (Å²) in [5.74, 6) is -0.772. The van der Waals surface area contributed by atoms with Crippen molar-refractivity contribution >= 4 is 17.5 Å². The van der Waals surface area contributed by atoms with Gasteiger partial charge in [-0.25, -0.2) is 14.4 Å². The Morgan fingerprint density at radius 3 is 2.47 bits per heavy atom. The summed E-state index contributed by atoms with van der Waals surface area (Å²) in [6, 6.07) is 11.9. The van der Waals surface area contributed by atoms with E-state index in [9.17, 15) is 22.4 Å². The number of nitrogens with one attached hydrogen (secondary N) is 2. The van der Waals surface area contributed by atoms with E-state index in [1.165, 1.54) is 23.8 Å². The average Bonchev–Trinajstić information content (AvgIpc) is 2.84. The van der Waals surface area contributed by atoms with Crippen molar-refractivity contribution in [1.29, 1.82) is 0 Å². The molecule has 3 aromatic rings. The molecule has 2 heterocycles. The van der Waals surface area contributed by atoms with E-state index >= 15 is 0 Å². The zero-order chi connectivity index (χ0) is 25.7. The van der Waals surface area contributed by atoms with E-state index in [0.29, 0.717) is 17.2 Å². The summed E-state index contributed by atoms with van der Waals surface area (Å²) in [7, 11) is 0. The van der Waals surface area contributed by atoms with Gasteiger partial charge in [-0.3, -0.25) is 4.79 Å². The molecular formula is C26H27F4N5O. The number of hydrogen-bond acceptors (Lipinski definition) is 5. The second-order valence-electron chi connectivity index (χ2n) is 8.84. The van der Waals surface area contributed by atoms with E-state index in [2.05, 4.69) is 20.6 Å². The van der Waals surface area contributed by atoms with Crippen molar-refractivity contribution < 1.29 is 22.4 Å². The number of aryl methyl sites for hydroxylation is 1. The number of carbonyl (C=O) groups excluding carboxylic acids is 1. The van der Waals surface area contributed by atoms with E-state index < -0.39 is 23.5 Å². The third-order valence-corrected chi connectivity index (χ3v) is 6.34. The Hall–Kier alpha value is -3.53. The summed E-state index contributed by atoms with van der Waals surface area (Å²) < 4.78 is 55.4. The fourth-order valence-corrected chi connectivity index (χ4v) is 4.51. The number of nitrogens with two attached hydrogens (primary N) is 1. The lowest BCUT2D eigenvalue weighted by Gasteiger charge is -2.23. The van der Waals surface area contributed by atoms with Gasteiger partial charge in [-0.1, -0.05) is 24.3 Å². The molecule has 4 N–H and O–H groups in total. The second-order valence-corrected chi connectivity index (χ2v) is 8.84. The number of primary amides is 1. The Morgan fingerprint density at radius 2 is 1.81 bits per heavy atom. The van der Waals surface area contributed by atoms with E-state index in [1.807, 2.05) is 24.3 Å². The number of halogens is 4. The minimum atomic E-state index is -4.67. The first kappa shape index (κ1) is 25.6. The number of aromatic nitrogens is 2. The van der Waals surface area contributed by atoms with Crippen LogP contribution in [0.3, 0.4) is 0 Å². The molecule has 1 saturated heterocycles. The van der Waals surface area contributed by atoms with Crippen LogP contribution in [-0.4, -0.2) is 29.0 Å². The molecule has 0 bridgehead atoms. The van der Waals surface area contributed by atoms with Crippen molar-refractivity contribution in [2.75, 3.05) is 18.4 Å². The monoisotopic (exact) mass is 501 g/mol. The summed E-state index contributed by atoms with van der Waals surface area (Å²) in [5.41, 5.74) is 6.34. The zero-order valence-electron chi connectivity index (χ0n) is 19.5. The molecule has 2 aromatic carbocycles. The highest BCUT2D eigenvalue weighted by Gasteiger charge is 2.35. The van der Waals surface area contributed by atoms with Crippen molar-refractivity contribution in [1.82, 2.24) is 15.3 Å². The second kappa shape index (κ2) is 11.0. The third kappa shape index (κ3) is 6.37. The summed E-state index contributed by atoms with van der Waals surface area (Å²) in [4.78, 5) is 19.3. The van der Waals surface area contributed by atoms with E-state index in [0.717, 1.165) is 32.1 Å². The number of alkyl halides is 3. The molecule has 0 saturated carbocycles. The first-order valence-electron chi connectivity index (χ1n) is 11.8. The molecule has 0 spiro atoms. The number of carbonyl (C=O) groups is 1. The number of piperidine rings is 1. The largest absolute Gasteiger partial charge is 0.419 e. The van der Waals surface area contributed by atoms with Crippen molar-refractivity contribution in [3.8, 4) is 0 Å². The van der Waals surface area contributed by atoms with Gasteiger partial charge in [-0.05, 0) is 79.6 Å². The maximum atomic E-state index is 14.4. The first-order chi connectivity index (χ1) is 17.2. The third-order valence-electron chi connectivity index (χ3n) is 6.34. The summed E-state index contributed by atoms with van der Waals surface area (Å²) in [6.45, 7) is 1.95. The van der Waals surface area contributed by atoms with Crippen LogP contribution in [-0.2, 0) is 30.2 Å². The van der Waals surface area contributed by atoms with Crippen LogP contribution in [0.15, 0.2) is 48.7 Å². The maximum Gasteiger partial charge on any atom is 0.419 e. The first-order valence-corrected chi connectivity index (χ1v) is 11.8. The number of benzene rings is 2. The molecule has 1 aliphatic rings. The van der Waals surface area contributed by atoms with Crippen LogP contribution in [0.1, 0.15) is 46.7 Å². The van der Waals surface area contributed by atoms with Crippen LogP contribution < -0.4 is 16.4 Å². The zero-order valence-corrected chi connectivity index (χ0v) is 19.5. The lowest BCUT2D eigenvalue weighted by molar-refractivity contribution is -0.138. The Morgan fingerprint density at radius 1 is 1.08 bits per heavy atom. The minimum absolute atomic E-state index is 0.0125. The molecule has 1 amide bonds. The Labute approximate surface area is 206 Å². The summed E-state index contributed by atoms with van der Waals surface area (Å²) >= 11 is 0. The van der Waals surface area contributed by atoms with Crippen molar-refractivity contribution in [2.45, 2.75) is 44.2 Å². The van der Waals surface area contributed by atoms with Gasteiger partial charge in [0.1, 0.15) is 5.82 Å².